The lowest BCUT2D eigenvalue weighted by Crippen LogP contribution is -2.35. The molecule has 0 N–H and O–H groups in total. The van der Waals surface area contributed by atoms with Crippen LogP contribution in [-0.4, -0.2) is 40.8 Å². The van der Waals surface area contributed by atoms with Gasteiger partial charge in [-0.15, -0.1) is 4.68 Å². The Kier molecular flexibility index (Phi) is 7.85. The molecule has 1 aromatic heterocycles. The third kappa shape index (κ3) is 4.82. The van der Waals surface area contributed by atoms with Crippen LogP contribution in [0.4, 0.5) is 10.6 Å². The van der Waals surface area contributed by atoms with E-state index in [4.69, 9.17) is 26.1 Å². The van der Waals surface area contributed by atoms with Gasteiger partial charge in [-0.05, 0) is 31.4 Å². The summed E-state index contributed by atoms with van der Waals surface area (Å²) < 4.78 is 11.9. The fraction of sp³-hybridized carbons (Fsp3) is 0.478. The smallest absolute Gasteiger partial charge is 0.436 e. The van der Waals surface area contributed by atoms with Crippen LogP contribution >= 0.6 is 11.6 Å². The summed E-state index contributed by atoms with van der Waals surface area (Å²) in [5.74, 6) is -1.07. The number of unbranched alkanes of at least 4 members (excludes halogenated alkanes) is 1. The van der Waals surface area contributed by atoms with Crippen LogP contribution in [0.25, 0.3) is 0 Å². The summed E-state index contributed by atoms with van der Waals surface area (Å²) in [5.41, 5.74) is 2.07. The van der Waals surface area contributed by atoms with Gasteiger partial charge in [0.25, 0.3) is 0 Å². The summed E-state index contributed by atoms with van der Waals surface area (Å²) in [6.45, 7) is 6.39. The van der Waals surface area contributed by atoms with E-state index < -0.39 is 17.9 Å². The van der Waals surface area contributed by atoms with E-state index >= 15 is 0 Å². The monoisotopic (exact) mass is 445 g/mol. The first-order chi connectivity index (χ1) is 15.0. The molecule has 2 atom stereocenters. The van der Waals surface area contributed by atoms with Gasteiger partial charge >= 0.3 is 12.1 Å². The molecule has 166 valence electrons. The fourth-order valence-corrected chi connectivity index (χ4v) is 4.06. The number of rotatable bonds is 8. The lowest BCUT2D eigenvalue weighted by atomic mass is 9.76. The van der Waals surface area contributed by atoms with Gasteiger partial charge in [0.05, 0.1) is 19.4 Å². The van der Waals surface area contributed by atoms with Crippen molar-refractivity contribution in [3.8, 4) is 0 Å². The Morgan fingerprint density at radius 3 is 2.55 bits per heavy atom. The average molecular weight is 446 g/mol. The van der Waals surface area contributed by atoms with Crippen LogP contribution in [0.15, 0.2) is 35.5 Å². The van der Waals surface area contributed by atoms with E-state index in [9.17, 15) is 9.59 Å². The third-order valence-electron chi connectivity index (χ3n) is 5.23. The minimum Gasteiger partial charge on any atom is -0.465 e. The van der Waals surface area contributed by atoms with E-state index in [0.717, 1.165) is 24.8 Å². The first kappa shape index (κ1) is 23.0. The Morgan fingerprint density at radius 2 is 1.87 bits per heavy atom. The number of carbonyl (C=O) groups is 2. The van der Waals surface area contributed by atoms with E-state index in [0.29, 0.717) is 35.1 Å². The summed E-state index contributed by atoms with van der Waals surface area (Å²) in [4.78, 5) is 30.4. The molecule has 1 aliphatic rings. The molecule has 0 spiro atoms. The maximum atomic E-state index is 13.0. The summed E-state index contributed by atoms with van der Waals surface area (Å²) in [5, 5.41) is 4.79. The molecule has 0 amide bonds. The van der Waals surface area contributed by atoms with Gasteiger partial charge in [0.1, 0.15) is 5.92 Å². The average Bonchev–Trinajstić information content (AvgIpc) is 3.17. The Bertz CT molecular complexity index is 969. The zero-order valence-electron chi connectivity index (χ0n) is 18.1. The standard InChI is InChI=1S/C23H28ClN3O4/c1-4-7-13-31-23(29)27-21-16(14-25-27)19(15-11-8-9-12-17(15)24)20(22(28)30-6-3)18(26-21)10-5-2/h8-9,11-12,14,19-20H,4-7,10,13H2,1-3H3. The van der Waals surface area contributed by atoms with E-state index in [1.54, 1.807) is 19.2 Å². The maximum absolute atomic E-state index is 13.0. The molecule has 7 nitrogen and oxygen atoms in total. The highest BCUT2D eigenvalue weighted by molar-refractivity contribution is 6.31. The van der Waals surface area contributed by atoms with Crippen molar-refractivity contribution in [1.82, 2.24) is 9.78 Å². The summed E-state index contributed by atoms with van der Waals surface area (Å²) in [6, 6.07) is 7.38. The highest BCUT2D eigenvalue weighted by Gasteiger charge is 2.42. The van der Waals surface area contributed by atoms with Crippen LogP contribution in [-0.2, 0) is 14.3 Å². The fourth-order valence-electron chi connectivity index (χ4n) is 3.81. The molecule has 2 aromatic rings. The molecule has 1 aliphatic heterocycles. The molecule has 0 saturated carbocycles. The molecule has 0 bridgehead atoms. The van der Waals surface area contributed by atoms with Crippen LogP contribution in [0.5, 0.6) is 0 Å². The van der Waals surface area contributed by atoms with Crippen LogP contribution in [0.1, 0.15) is 63.5 Å². The second-order valence-electron chi connectivity index (χ2n) is 7.39. The number of aliphatic imine (C=N–C) groups is 1. The Balaban J connectivity index is 2.13. The second kappa shape index (κ2) is 10.6. The molecule has 0 fully saturated rings. The molecular weight excluding hydrogens is 418 g/mol. The number of hydrogen-bond acceptors (Lipinski definition) is 6. The van der Waals surface area contributed by atoms with E-state index in [1.807, 2.05) is 32.0 Å². The zero-order chi connectivity index (χ0) is 22.4. The minimum absolute atomic E-state index is 0.264. The lowest BCUT2D eigenvalue weighted by Gasteiger charge is -2.31. The predicted molar refractivity (Wildman–Crippen MR) is 119 cm³/mol. The first-order valence-corrected chi connectivity index (χ1v) is 11.1. The van der Waals surface area contributed by atoms with Crippen molar-refractivity contribution >= 4 is 35.2 Å². The first-order valence-electron chi connectivity index (χ1n) is 10.8. The van der Waals surface area contributed by atoms with Gasteiger partial charge in [-0.25, -0.2) is 9.79 Å². The van der Waals surface area contributed by atoms with Crippen LogP contribution in [0.3, 0.4) is 0 Å². The number of aromatic nitrogens is 2. The highest BCUT2D eigenvalue weighted by atomic mass is 35.5. The zero-order valence-corrected chi connectivity index (χ0v) is 18.9. The Morgan fingerprint density at radius 1 is 1.10 bits per heavy atom. The lowest BCUT2D eigenvalue weighted by molar-refractivity contribution is -0.146. The number of fused-ring (bicyclic) bond motifs is 1. The number of benzene rings is 1. The molecular formula is C23H28ClN3O4. The Labute approximate surface area is 187 Å². The number of nitrogens with zero attached hydrogens (tertiary/aromatic N) is 3. The van der Waals surface area contributed by atoms with E-state index in [2.05, 4.69) is 5.10 Å². The van der Waals surface area contributed by atoms with Crippen molar-refractivity contribution in [2.75, 3.05) is 13.2 Å². The van der Waals surface area contributed by atoms with Crippen molar-refractivity contribution in [3.63, 3.8) is 0 Å². The van der Waals surface area contributed by atoms with Gasteiger partial charge in [0, 0.05) is 22.2 Å². The van der Waals surface area contributed by atoms with Gasteiger partial charge in [0.15, 0.2) is 5.82 Å². The molecule has 3 rings (SSSR count). The second-order valence-corrected chi connectivity index (χ2v) is 7.79. The van der Waals surface area contributed by atoms with Crippen molar-refractivity contribution in [3.05, 3.63) is 46.6 Å². The van der Waals surface area contributed by atoms with Crippen molar-refractivity contribution < 1.29 is 19.1 Å². The molecule has 2 heterocycles. The molecule has 0 saturated heterocycles. The molecule has 0 radical (unpaired) electrons. The van der Waals surface area contributed by atoms with Gasteiger partial charge < -0.3 is 9.47 Å². The van der Waals surface area contributed by atoms with Gasteiger partial charge in [0.2, 0.25) is 0 Å². The van der Waals surface area contributed by atoms with Crippen LogP contribution < -0.4 is 0 Å². The minimum atomic E-state index is -0.638. The van der Waals surface area contributed by atoms with Gasteiger partial charge in [-0.3, -0.25) is 4.79 Å². The normalized spacial score (nSPS) is 17.6. The van der Waals surface area contributed by atoms with Crippen molar-refractivity contribution in [2.24, 2.45) is 10.9 Å². The molecule has 8 heteroatoms. The van der Waals surface area contributed by atoms with Crippen molar-refractivity contribution in [2.45, 2.75) is 52.4 Å². The van der Waals surface area contributed by atoms with Gasteiger partial charge in [-0.2, -0.15) is 5.10 Å². The quantitative estimate of drug-likeness (QED) is 0.394. The molecule has 2 unspecified atom stereocenters. The molecule has 31 heavy (non-hydrogen) atoms. The van der Waals surface area contributed by atoms with Crippen LogP contribution in [0.2, 0.25) is 5.02 Å². The summed E-state index contributed by atoms with van der Waals surface area (Å²) >= 11 is 6.54. The van der Waals surface area contributed by atoms with Crippen molar-refractivity contribution in [1.29, 1.82) is 0 Å². The number of esters is 1. The number of hydrogen-bond donors (Lipinski definition) is 0. The third-order valence-corrected chi connectivity index (χ3v) is 5.58. The largest absolute Gasteiger partial charge is 0.465 e. The predicted octanol–water partition coefficient (Wildman–Crippen LogP) is 5.52. The number of halogens is 1. The topological polar surface area (TPSA) is 82.8 Å². The van der Waals surface area contributed by atoms with Gasteiger partial charge in [-0.1, -0.05) is 56.5 Å². The maximum Gasteiger partial charge on any atom is 0.436 e. The van der Waals surface area contributed by atoms with Crippen LogP contribution in [0, 0.1) is 5.92 Å². The highest BCUT2D eigenvalue weighted by Crippen LogP contribution is 2.45. The molecule has 1 aromatic carbocycles. The summed E-state index contributed by atoms with van der Waals surface area (Å²) in [7, 11) is 0. The number of ether oxygens (including phenoxy) is 2. The Hall–Kier alpha value is -2.67. The summed E-state index contributed by atoms with van der Waals surface area (Å²) in [6.07, 6.45) is 4.05. The van der Waals surface area contributed by atoms with E-state index in [-0.39, 0.29) is 12.6 Å². The van der Waals surface area contributed by atoms with E-state index in [1.165, 1.54) is 4.68 Å². The number of carbonyl (C=O) groups excluding carboxylic acids is 2. The SMILES string of the molecule is CCCCOC(=O)n1ncc2c1N=C(CCC)C(C(=O)OCC)C2c1ccccc1Cl. The molecule has 0 aliphatic carbocycles.